The molecule has 2 amide bonds. The number of alkyl halides is 3. The van der Waals surface area contributed by atoms with Crippen molar-refractivity contribution in [3.05, 3.63) is 65.2 Å². The van der Waals surface area contributed by atoms with Crippen molar-refractivity contribution in [2.24, 2.45) is 23.5 Å². The number of halogens is 3. The van der Waals surface area contributed by atoms with Crippen LogP contribution in [0.15, 0.2) is 48.5 Å². The molecule has 4 rings (SSSR count). The van der Waals surface area contributed by atoms with Gasteiger partial charge in [0.05, 0.1) is 29.5 Å². The number of rotatable bonds is 5. The number of carbonyl (C=O) groups is 2. The molecule has 0 radical (unpaired) electrons. The summed E-state index contributed by atoms with van der Waals surface area (Å²) in [4.78, 5) is 28.7. The third-order valence-corrected chi connectivity index (χ3v) is 7.22. The van der Waals surface area contributed by atoms with Gasteiger partial charge in [0.1, 0.15) is 0 Å². The summed E-state index contributed by atoms with van der Waals surface area (Å²) in [5, 5.41) is 9.02. The number of likely N-dealkylation sites (tertiary alicyclic amines) is 1. The van der Waals surface area contributed by atoms with Crippen LogP contribution in [0.25, 0.3) is 0 Å². The molecular formula is C26H27F3N4O2. The van der Waals surface area contributed by atoms with Crippen LogP contribution >= 0.6 is 0 Å². The SMILES string of the molecule is N#Cc1ccc(N2CCC([C@@H]3CN(C(=O)Cc4ccccc4)C[C@H]3C(N)=O)CC2)cc1C(F)(F)F. The van der Waals surface area contributed by atoms with Gasteiger partial charge in [0.2, 0.25) is 11.8 Å². The third-order valence-electron chi connectivity index (χ3n) is 7.22. The first kappa shape index (κ1) is 24.6. The number of nitrogens with two attached hydrogens (primary N) is 1. The number of nitriles is 1. The van der Waals surface area contributed by atoms with Crippen LogP contribution < -0.4 is 10.6 Å². The minimum absolute atomic E-state index is 0.0420. The van der Waals surface area contributed by atoms with Crippen molar-refractivity contribution in [1.82, 2.24) is 4.90 Å². The monoisotopic (exact) mass is 484 g/mol. The zero-order valence-corrected chi connectivity index (χ0v) is 19.2. The summed E-state index contributed by atoms with van der Waals surface area (Å²) < 4.78 is 40.1. The summed E-state index contributed by atoms with van der Waals surface area (Å²) in [6.45, 7) is 1.80. The molecule has 0 unspecified atom stereocenters. The summed E-state index contributed by atoms with van der Waals surface area (Å²) in [5.41, 5.74) is 5.69. The minimum atomic E-state index is -4.60. The molecule has 184 valence electrons. The number of nitrogens with zero attached hydrogens (tertiary/aromatic N) is 3. The van der Waals surface area contributed by atoms with Crippen LogP contribution in [0.5, 0.6) is 0 Å². The lowest BCUT2D eigenvalue weighted by Gasteiger charge is -2.37. The summed E-state index contributed by atoms with van der Waals surface area (Å²) in [6, 6.07) is 14.8. The highest BCUT2D eigenvalue weighted by Crippen LogP contribution is 2.39. The Hall–Kier alpha value is -3.54. The molecule has 0 bridgehead atoms. The maximum Gasteiger partial charge on any atom is 0.417 e. The molecule has 0 aromatic heterocycles. The van der Waals surface area contributed by atoms with Crippen LogP contribution in [0.2, 0.25) is 0 Å². The fourth-order valence-corrected chi connectivity index (χ4v) is 5.34. The van der Waals surface area contributed by atoms with E-state index in [1.54, 1.807) is 17.0 Å². The molecule has 9 heteroatoms. The lowest BCUT2D eigenvalue weighted by molar-refractivity contribution is -0.137. The van der Waals surface area contributed by atoms with Gasteiger partial charge in [-0.05, 0) is 48.4 Å². The predicted octanol–water partition coefficient (Wildman–Crippen LogP) is 3.60. The van der Waals surface area contributed by atoms with Gasteiger partial charge in [-0.1, -0.05) is 30.3 Å². The van der Waals surface area contributed by atoms with Gasteiger partial charge in [-0.15, -0.1) is 0 Å². The largest absolute Gasteiger partial charge is 0.417 e. The van der Waals surface area contributed by atoms with E-state index in [4.69, 9.17) is 11.0 Å². The van der Waals surface area contributed by atoms with Crippen molar-refractivity contribution in [3.63, 3.8) is 0 Å². The van der Waals surface area contributed by atoms with Gasteiger partial charge in [0, 0.05) is 31.9 Å². The molecule has 2 heterocycles. The second-order valence-corrected chi connectivity index (χ2v) is 9.30. The van der Waals surface area contributed by atoms with E-state index in [9.17, 15) is 22.8 Å². The summed E-state index contributed by atoms with van der Waals surface area (Å²) in [5.74, 6) is -0.827. The topological polar surface area (TPSA) is 90.4 Å². The highest BCUT2D eigenvalue weighted by atomic mass is 19.4. The van der Waals surface area contributed by atoms with Crippen molar-refractivity contribution < 1.29 is 22.8 Å². The minimum Gasteiger partial charge on any atom is -0.372 e. The molecule has 2 aliphatic rings. The van der Waals surface area contributed by atoms with Crippen LogP contribution in [0.1, 0.15) is 29.5 Å². The molecule has 2 aromatic rings. The molecular weight excluding hydrogens is 457 g/mol. The Balaban J connectivity index is 1.42. The first-order chi connectivity index (χ1) is 16.7. The summed E-state index contributed by atoms with van der Waals surface area (Å²) >= 11 is 0. The van der Waals surface area contributed by atoms with Gasteiger partial charge in [-0.3, -0.25) is 9.59 Å². The number of hydrogen-bond donors (Lipinski definition) is 1. The number of piperidine rings is 1. The normalized spacial score (nSPS) is 21.1. The first-order valence-corrected chi connectivity index (χ1v) is 11.6. The number of benzene rings is 2. The van der Waals surface area contributed by atoms with Crippen LogP contribution in [0, 0.1) is 29.1 Å². The highest BCUT2D eigenvalue weighted by Gasteiger charge is 2.43. The van der Waals surface area contributed by atoms with Gasteiger partial charge in [-0.25, -0.2) is 0 Å². The summed E-state index contributed by atoms with van der Waals surface area (Å²) in [7, 11) is 0. The molecule has 0 saturated carbocycles. The lowest BCUT2D eigenvalue weighted by Crippen LogP contribution is -2.40. The van der Waals surface area contributed by atoms with Gasteiger partial charge < -0.3 is 15.5 Å². The highest BCUT2D eigenvalue weighted by molar-refractivity contribution is 5.82. The Labute approximate surface area is 202 Å². The fourth-order valence-electron chi connectivity index (χ4n) is 5.34. The molecule has 6 nitrogen and oxygen atoms in total. The van der Waals surface area contributed by atoms with Gasteiger partial charge in [0.15, 0.2) is 0 Å². The van der Waals surface area contributed by atoms with E-state index in [0.29, 0.717) is 44.7 Å². The van der Waals surface area contributed by atoms with Crippen molar-refractivity contribution >= 4 is 17.5 Å². The average molecular weight is 485 g/mol. The molecule has 2 N–H and O–H groups in total. The smallest absolute Gasteiger partial charge is 0.372 e. The van der Waals surface area contributed by atoms with Crippen molar-refractivity contribution in [2.45, 2.75) is 25.4 Å². The fraction of sp³-hybridized carbons (Fsp3) is 0.423. The average Bonchev–Trinajstić information content (AvgIpc) is 3.30. The van der Waals surface area contributed by atoms with Crippen molar-refractivity contribution in [1.29, 1.82) is 5.26 Å². The van der Waals surface area contributed by atoms with E-state index in [0.717, 1.165) is 11.6 Å². The molecule has 35 heavy (non-hydrogen) atoms. The van der Waals surface area contributed by atoms with Crippen molar-refractivity contribution in [3.8, 4) is 6.07 Å². The Morgan fingerprint density at radius 3 is 2.34 bits per heavy atom. The second-order valence-electron chi connectivity index (χ2n) is 9.30. The molecule has 2 aliphatic heterocycles. The number of anilines is 1. The zero-order chi connectivity index (χ0) is 25.2. The number of primary amides is 1. The zero-order valence-electron chi connectivity index (χ0n) is 19.2. The Kier molecular flexibility index (Phi) is 7.01. The number of amides is 2. The molecule has 2 atom stereocenters. The first-order valence-electron chi connectivity index (χ1n) is 11.6. The quantitative estimate of drug-likeness (QED) is 0.702. The Morgan fingerprint density at radius 1 is 1.06 bits per heavy atom. The van der Waals surface area contributed by atoms with Gasteiger partial charge in [-0.2, -0.15) is 18.4 Å². The molecule has 2 saturated heterocycles. The van der Waals surface area contributed by atoms with Crippen LogP contribution in [-0.4, -0.2) is 42.9 Å². The van der Waals surface area contributed by atoms with Crippen molar-refractivity contribution in [2.75, 3.05) is 31.1 Å². The van der Waals surface area contributed by atoms with E-state index in [2.05, 4.69) is 0 Å². The number of hydrogen-bond acceptors (Lipinski definition) is 4. The van der Waals surface area contributed by atoms with E-state index < -0.39 is 29.1 Å². The third kappa shape index (κ3) is 5.42. The number of carbonyl (C=O) groups excluding carboxylic acids is 2. The lowest BCUT2D eigenvalue weighted by atomic mass is 9.78. The maximum atomic E-state index is 13.4. The van der Waals surface area contributed by atoms with E-state index in [-0.39, 0.29) is 24.2 Å². The van der Waals surface area contributed by atoms with E-state index in [1.165, 1.54) is 6.07 Å². The predicted molar refractivity (Wildman–Crippen MR) is 124 cm³/mol. The van der Waals surface area contributed by atoms with Crippen LogP contribution in [0.4, 0.5) is 18.9 Å². The van der Waals surface area contributed by atoms with Crippen LogP contribution in [-0.2, 0) is 22.2 Å². The molecule has 0 spiro atoms. The maximum absolute atomic E-state index is 13.4. The molecule has 0 aliphatic carbocycles. The molecule has 2 fully saturated rings. The molecule has 2 aromatic carbocycles. The summed E-state index contributed by atoms with van der Waals surface area (Å²) in [6.07, 6.45) is -2.99. The second kappa shape index (κ2) is 9.98. The van der Waals surface area contributed by atoms with Gasteiger partial charge >= 0.3 is 6.18 Å². The van der Waals surface area contributed by atoms with Gasteiger partial charge in [0.25, 0.3) is 0 Å². The van der Waals surface area contributed by atoms with Crippen LogP contribution in [0.3, 0.4) is 0 Å². The van der Waals surface area contributed by atoms with E-state index >= 15 is 0 Å². The Morgan fingerprint density at radius 2 is 1.74 bits per heavy atom. The Bertz CT molecular complexity index is 1120. The standard InChI is InChI=1S/C26H27F3N4O2/c27-26(28,29)23-13-20(7-6-19(23)14-30)32-10-8-18(9-11-32)21-15-33(16-22(21)25(31)35)24(34)12-17-4-2-1-3-5-17/h1-7,13,18,21-22H,8-12,15-16H2,(H2,31,35)/t21-,22+/m0/s1. The van der Waals surface area contributed by atoms with E-state index in [1.807, 2.05) is 35.2 Å².